The topological polar surface area (TPSA) is 79.7 Å². The van der Waals surface area contributed by atoms with Crippen LogP contribution < -0.4 is 0 Å². The molecule has 0 N–H and O–H groups in total. The van der Waals surface area contributed by atoms with Crippen LogP contribution >= 0.6 is 0 Å². The molecule has 0 bridgehead atoms. The van der Waals surface area contributed by atoms with E-state index < -0.39 is 0 Å². The minimum Gasteiger partial charge on any atom is -0.335 e. The van der Waals surface area contributed by atoms with E-state index in [1.54, 1.807) is 12.3 Å². The van der Waals surface area contributed by atoms with Gasteiger partial charge in [-0.25, -0.2) is 4.98 Å². The van der Waals surface area contributed by atoms with Crippen molar-refractivity contribution in [2.24, 2.45) is 0 Å². The Hall–Kier alpha value is -2.62. The summed E-state index contributed by atoms with van der Waals surface area (Å²) in [5.74, 6) is 0.890. The third kappa shape index (κ3) is 2.48. The molecule has 0 fully saturated rings. The highest BCUT2D eigenvalue weighted by atomic mass is 16.2. The molecule has 1 aliphatic rings. The third-order valence-electron chi connectivity index (χ3n) is 4.08. The van der Waals surface area contributed by atoms with Gasteiger partial charge in [-0.3, -0.25) is 9.48 Å². The Kier molecular flexibility index (Phi) is 3.67. The van der Waals surface area contributed by atoms with Gasteiger partial charge in [0.1, 0.15) is 17.9 Å². The van der Waals surface area contributed by atoms with Crippen molar-refractivity contribution < 1.29 is 4.79 Å². The maximum absolute atomic E-state index is 12.8. The zero-order valence-corrected chi connectivity index (χ0v) is 12.7. The molecule has 2 aromatic rings. The van der Waals surface area contributed by atoms with Crippen molar-refractivity contribution in [2.75, 3.05) is 6.54 Å². The second-order valence-electron chi connectivity index (χ2n) is 5.53. The SMILES string of the molecule is Cc1nccn1[C@@H](C)C(=O)N1CCCn2nc(C#N)cc2C1. The highest BCUT2D eigenvalue weighted by Gasteiger charge is 2.25. The Morgan fingerprint density at radius 1 is 1.45 bits per heavy atom. The molecular formula is C15H18N6O. The van der Waals surface area contributed by atoms with Crippen LogP contribution in [0.4, 0.5) is 0 Å². The van der Waals surface area contributed by atoms with Crippen molar-refractivity contribution in [1.82, 2.24) is 24.2 Å². The van der Waals surface area contributed by atoms with Gasteiger partial charge in [0.15, 0.2) is 5.69 Å². The molecule has 22 heavy (non-hydrogen) atoms. The quantitative estimate of drug-likeness (QED) is 0.836. The fourth-order valence-electron chi connectivity index (χ4n) is 2.89. The standard InChI is InChI=1S/C15H18N6O/c1-11(20-7-4-17-12(20)2)15(22)19-5-3-6-21-14(10-19)8-13(9-16)18-21/h4,7-8,11H,3,5-6,10H2,1-2H3/t11-/m0/s1. The lowest BCUT2D eigenvalue weighted by Crippen LogP contribution is -2.36. The van der Waals surface area contributed by atoms with Crippen LogP contribution in [-0.4, -0.2) is 36.7 Å². The Morgan fingerprint density at radius 2 is 2.27 bits per heavy atom. The maximum atomic E-state index is 12.8. The molecule has 114 valence electrons. The molecule has 0 unspecified atom stereocenters. The van der Waals surface area contributed by atoms with E-state index in [0.29, 0.717) is 18.8 Å². The monoisotopic (exact) mass is 298 g/mol. The van der Waals surface area contributed by atoms with Gasteiger partial charge < -0.3 is 9.47 Å². The molecule has 1 aliphatic heterocycles. The van der Waals surface area contributed by atoms with Gasteiger partial charge in [0.25, 0.3) is 0 Å². The summed E-state index contributed by atoms with van der Waals surface area (Å²) in [7, 11) is 0. The van der Waals surface area contributed by atoms with Gasteiger partial charge in [0.05, 0.1) is 12.2 Å². The highest BCUT2D eigenvalue weighted by Crippen LogP contribution is 2.18. The molecule has 2 aromatic heterocycles. The van der Waals surface area contributed by atoms with Gasteiger partial charge in [-0.05, 0) is 26.3 Å². The number of carbonyl (C=O) groups is 1. The van der Waals surface area contributed by atoms with Crippen molar-refractivity contribution in [2.45, 2.75) is 39.4 Å². The van der Waals surface area contributed by atoms with E-state index in [2.05, 4.69) is 16.2 Å². The molecule has 7 heteroatoms. The van der Waals surface area contributed by atoms with Gasteiger partial charge in [-0.1, -0.05) is 0 Å². The number of aryl methyl sites for hydroxylation is 2. The molecule has 1 atom stereocenters. The molecule has 0 saturated carbocycles. The largest absolute Gasteiger partial charge is 0.335 e. The average molecular weight is 298 g/mol. The molecular weight excluding hydrogens is 280 g/mol. The first-order valence-corrected chi connectivity index (χ1v) is 7.35. The maximum Gasteiger partial charge on any atom is 0.245 e. The summed E-state index contributed by atoms with van der Waals surface area (Å²) in [6.07, 6.45) is 4.37. The smallest absolute Gasteiger partial charge is 0.245 e. The summed E-state index contributed by atoms with van der Waals surface area (Å²) in [6.45, 7) is 5.70. The lowest BCUT2D eigenvalue weighted by molar-refractivity contribution is -0.135. The number of fused-ring (bicyclic) bond motifs is 1. The van der Waals surface area contributed by atoms with Crippen LogP contribution in [-0.2, 0) is 17.9 Å². The van der Waals surface area contributed by atoms with Crippen LogP contribution in [0.3, 0.4) is 0 Å². The number of carbonyl (C=O) groups excluding carboxylic acids is 1. The van der Waals surface area contributed by atoms with E-state index in [4.69, 9.17) is 5.26 Å². The summed E-state index contributed by atoms with van der Waals surface area (Å²) in [5.41, 5.74) is 1.32. The first-order valence-electron chi connectivity index (χ1n) is 7.35. The fourth-order valence-corrected chi connectivity index (χ4v) is 2.89. The van der Waals surface area contributed by atoms with Crippen molar-refractivity contribution >= 4 is 5.91 Å². The van der Waals surface area contributed by atoms with E-state index in [0.717, 1.165) is 24.5 Å². The third-order valence-corrected chi connectivity index (χ3v) is 4.08. The minimum atomic E-state index is -0.285. The van der Waals surface area contributed by atoms with Crippen LogP contribution in [0.2, 0.25) is 0 Å². The molecule has 0 radical (unpaired) electrons. The summed E-state index contributed by atoms with van der Waals surface area (Å²) in [4.78, 5) is 18.8. The molecule has 3 heterocycles. The second kappa shape index (κ2) is 5.64. The first kappa shape index (κ1) is 14.3. The molecule has 0 aliphatic carbocycles. The van der Waals surface area contributed by atoms with Gasteiger partial charge in [-0.2, -0.15) is 10.4 Å². The predicted octanol–water partition coefficient (Wildman–Crippen LogP) is 1.25. The van der Waals surface area contributed by atoms with Crippen LogP contribution in [0, 0.1) is 18.3 Å². The molecule has 1 amide bonds. The normalized spacial score (nSPS) is 15.8. The number of aromatic nitrogens is 4. The van der Waals surface area contributed by atoms with Crippen molar-refractivity contribution in [3.63, 3.8) is 0 Å². The number of amides is 1. The van der Waals surface area contributed by atoms with E-state index in [1.165, 1.54) is 0 Å². The van der Waals surface area contributed by atoms with E-state index in [1.807, 2.05) is 34.2 Å². The Balaban J connectivity index is 1.81. The summed E-state index contributed by atoms with van der Waals surface area (Å²) in [5, 5.41) is 13.2. The van der Waals surface area contributed by atoms with Crippen molar-refractivity contribution in [1.29, 1.82) is 5.26 Å². The Bertz CT molecular complexity index is 738. The van der Waals surface area contributed by atoms with E-state index in [-0.39, 0.29) is 11.9 Å². The number of nitriles is 1. The number of rotatable bonds is 2. The van der Waals surface area contributed by atoms with Crippen molar-refractivity contribution in [3.05, 3.63) is 35.7 Å². The van der Waals surface area contributed by atoms with Crippen LogP contribution in [0.5, 0.6) is 0 Å². The summed E-state index contributed by atoms with van der Waals surface area (Å²) < 4.78 is 3.71. The Morgan fingerprint density at radius 3 is 2.95 bits per heavy atom. The molecule has 0 aromatic carbocycles. The minimum absolute atomic E-state index is 0.0641. The summed E-state index contributed by atoms with van der Waals surface area (Å²) in [6, 6.07) is 3.53. The fraction of sp³-hybridized carbons (Fsp3) is 0.467. The predicted molar refractivity (Wildman–Crippen MR) is 78.7 cm³/mol. The number of hydrogen-bond acceptors (Lipinski definition) is 4. The molecule has 0 spiro atoms. The second-order valence-corrected chi connectivity index (χ2v) is 5.53. The van der Waals surface area contributed by atoms with Gasteiger partial charge >= 0.3 is 0 Å². The highest BCUT2D eigenvalue weighted by molar-refractivity contribution is 5.80. The molecule has 0 saturated heterocycles. The lowest BCUT2D eigenvalue weighted by atomic mass is 10.2. The summed E-state index contributed by atoms with van der Waals surface area (Å²) >= 11 is 0. The average Bonchev–Trinajstić information content (AvgIpc) is 3.06. The van der Waals surface area contributed by atoms with Crippen molar-refractivity contribution in [3.8, 4) is 6.07 Å². The first-order chi connectivity index (χ1) is 10.6. The number of nitrogens with zero attached hydrogens (tertiary/aromatic N) is 6. The van der Waals surface area contributed by atoms with Gasteiger partial charge in [-0.15, -0.1) is 0 Å². The van der Waals surface area contributed by atoms with E-state index >= 15 is 0 Å². The Labute approximate surface area is 128 Å². The van der Waals surface area contributed by atoms with Crippen LogP contribution in [0.15, 0.2) is 18.5 Å². The lowest BCUT2D eigenvalue weighted by Gasteiger charge is -2.25. The molecule has 7 nitrogen and oxygen atoms in total. The zero-order chi connectivity index (χ0) is 15.7. The number of hydrogen-bond donors (Lipinski definition) is 0. The zero-order valence-electron chi connectivity index (χ0n) is 12.7. The number of imidazole rings is 1. The van der Waals surface area contributed by atoms with Gasteiger partial charge in [0.2, 0.25) is 5.91 Å². The van der Waals surface area contributed by atoms with Gasteiger partial charge in [0, 0.05) is 25.5 Å². The van der Waals surface area contributed by atoms with Crippen LogP contribution in [0.1, 0.15) is 36.6 Å². The van der Waals surface area contributed by atoms with E-state index in [9.17, 15) is 4.79 Å². The molecule has 3 rings (SSSR count). The van der Waals surface area contributed by atoms with Crippen LogP contribution in [0.25, 0.3) is 0 Å².